The fourth-order valence-electron chi connectivity index (χ4n) is 3.24. The first-order valence-electron chi connectivity index (χ1n) is 8.27. The van der Waals surface area contributed by atoms with Crippen molar-refractivity contribution >= 4 is 14.4 Å². The molecule has 1 aromatic rings. The molecule has 25 heavy (non-hydrogen) atoms. The molecule has 0 saturated carbocycles. The Balaban J connectivity index is 0.00000192. The van der Waals surface area contributed by atoms with Crippen molar-refractivity contribution in [2.45, 2.75) is 44.8 Å². The van der Waals surface area contributed by atoms with Gasteiger partial charge < -0.3 is 29.2 Å². The van der Waals surface area contributed by atoms with Crippen LogP contribution in [-0.2, 0) is 30.6 Å². The predicted molar refractivity (Wildman–Crippen MR) is 96.2 cm³/mol. The second-order valence-corrected chi connectivity index (χ2v) is 11.6. The van der Waals surface area contributed by atoms with Crippen LogP contribution in [0.15, 0.2) is 47.6 Å². The van der Waals surface area contributed by atoms with Crippen molar-refractivity contribution in [2.75, 3.05) is 6.61 Å². The third-order valence-corrected chi connectivity index (χ3v) is 5.31. The standard InChI is InChI=1S/C20H25OSi.2ClH.Zr/c1-22(2,3)21-14-8-13-19-18-12-7-6-11-17(18)15-20(19)16-9-4-5-10-16;;;/h4,6-7,9,11-12,15,19H,5,8,13-14H2,1-3H3;2*1H;/q-1;;;+3/p-2. The summed E-state index contributed by atoms with van der Waals surface area (Å²) < 4.78 is 6.02. The van der Waals surface area contributed by atoms with Crippen LogP contribution >= 0.6 is 0 Å². The number of hydrogen-bond acceptors (Lipinski definition) is 1. The van der Waals surface area contributed by atoms with Crippen LogP contribution < -0.4 is 24.8 Å². The summed E-state index contributed by atoms with van der Waals surface area (Å²) in [7, 11) is -1.39. The molecule has 0 bridgehead atoms. The molecule has 0 aromatic heterocycles. The zero-order valence-electron chi connectivity index (χ0n) is 15.1. The maximum absolute atomic E-state index is 6.02. The molecule has 0 fully saturated rings. The van der Waals surface area contributed by atoms with Crippen LogP contribution in [0.1, 0.15) is 36.3 Å². The molecule has 3 rings (SSSR count). The van der Waals surface area contributed by atoms with Gasteiger partial charge in [0.2, 0.25) is 0 Å². The summed E-state index contributed by atoms with van der Waals surface area (Å²) in [6.45, 7) is 7.66. The summed E-state index contributed by atoms with van der Waals surface area (Å²) in [4.78, 5) is 0. The third kappa shape index (κ3) is 6.63. The number of benzene rings is 1. The molecule has 2 aliphatic carbocycles. The van der Waals surface area contributed by atoms with E-state index in [1.54, 1.807) is 0 Å². The molecule has 0 saturated heterocycles. The topological polar surface area (TPSA) is 9.23 Å². The zero-order valence-corrected chi connectivity index (χ0v) is 20.1. The van der Waals surface area contributed by atoms with E-state index in [9.17, 15) is 0 Å². The normalized spacial score (nSPS) is 17.6. The van der Waals surface area contributed by atoms with E-state index in [2.05, 4.69) is 68.2 Å². The Morgan fingerprint density at radius 2 is 1.88 bits per heavy atom. The van der Waals surface area contributed by atoms with Crippen molar-refractivity contribution in [3.8, 4) is 0 Å². The van der Waals surface area contributed by atoms with Gasteiger partial charge in [-0.3, -0.25) is 0 Å². The van der Waals surface area contributed by atoms with Crippen LogP contribution in [0.25, 0.3) is 6.08 Å². The Kier molecular flexibility index (Phi) is 11.1. The van der Waals surface area contributed by atoms with Crippen molar-refractivity contribution in [1.29, 1.82) is 0 Å². The average molecular weight is 472 g/mol. The van der Waals surface area contributed by atoms with E-state index in [0.29, 0.717) is 5.92 Å². The van der Waals surface area contributed by atoms with Crippen LogP contribution in [-0.4, -0.2) is 14.9 Å². The molecule has 0 amide bonds. The molecular formula is C20H25Cl2OSiZr. The quantitative estimate of drug-likeness (QED) is 0.309. The van der Waals surface area contributed by atoms with Crippen molar-refractivity contribution in [3.05, 3.63) is 64.8 Å². The van der Waals surface area contributed by atoms with E-state index in [-0.39, 0.29) is 51.0 Å². The van der Waals surface area contributed by atoms with Gasteiger partial charge in [-0.1, -0.05) is 37.1 Å². The van der Waals surface area contributed by atoms with Crippen LogP contribution in [0.4, 0.5) is 0 Å². The fraction of sp³-hybridized carbons (Fsp3) is 0.400. The van der Waals surface area contributed by atoms with Gasteiger partial charge >= 0.3 is 26.2 Å². The van der Waals surface area contributed by atoms with Gasteiger partial charge in [-0.2, -0.15) is 17.7 Å². The molecular weight excluding hydrogens is 446 g/mol. The number of fused-ring (bicyclic) bond motifs is 1. The monoisotopic (exact) mass is 469 g/mol. The Morgan fingerprint density at radius 3 is 2.52 bits per heavy atom. The largest absolute Gasteiger partial charge is 3.00 e. The minimum Gasteiger partial charge on any atom is -1.00 e. The van der Waals surface area contributed by atoms with Gasteiger partial charge in [0.15, 0.2) is 8.32 Å². The molecule has 0 spiro atoms. The SMILES string of the molecule is C[Si](C)(C)OCCCC1C(C2=[C-]CC=C2)=Cc2ccccc21.[Cl-].[Cl-].[Zr+3]. The Hall–Kier alpha value is 0.0800. The van der Waals surface area contributed by atoms with Crippen LogP contribution in [0.3, 0.4) is 0 Å². The van der Waals surface area contributed by atoms with E-state index in [0.717, 1.165) is 25.9 Å². The number of rotatable bonds is 6. The molecule has 1 radical (unpaired) electrons. The minimum absolute atomic E-state index is 0. The first kappa shape index (κ1) is 25.1. The first-order chi connectivity index (χ1) is 10.5. The second kappa shape index (κ2) is 11.0. The van der Waals surface area contributed by atoms with Gasteiger partial charge in [0, 0.05) is 6.61 Å². The summed E-state index contributed by atoms with van der Waals surface area (Å²) >= 11 is 0. The number of allylic oxidation sites excluding steroid dienone is 5. The van der Waals surface area contributed by atoms with Gasteiger partial charge in [-0.05, 0) is 43.1 Å². The predicted octanol–water partition coefficient (Wildman–Crippen LogP) is -0.506. The summed E-state index contributed by atoms with van der Waals surface area (Å²) in [5.74, 6) is 0.506. The molecule has 2 aliphatic rings. The van der Waals surface area contributed by atoms with Gasteiger partial charge in [0.1, 0.15) is 0 Å². The number of halogens is 2. The number of hydrogen-bond donors (Lipinski definition) is 0. The Labute approximate surface area is 185 Å². The van der Waals surface area contributed by atoms with E-state index in [1.807, 2.05) is 0 Å². The van der Waals surface area contributed by atoms with Crippen molar-refractivity contribution in [3.63, 3.8) is 0 Å². The van der Waals surface area contributed by atoms with Crippen LogP contribution in [0.2, 0.25) is 19.6 Å². The summed E-state index contributed by atoms with van der Waals surface area (Å²) in [5.41, 5.74) is 5.60. The van der Waals surface area contributed by atoms with Crippen molar-refractivity contribution in [1.82, 2.24) is 0 Å². The van der Waals surface area contributed by atoms with Crippen LogP contribution in [0.5, 0.6) is 0 Å². The fourth-order valence-corrected chi connectivity index (χ4v) is 4.00. The molecule has 1 aromatic carbocycles. The minimum atomic E-state index is -1.39. The molecule has 0 heterocycles. The smallest absolute Gasteiger partial charge is 1.00 e. The molecule has 1 unspecified atom stereocenters. The Bertz CT molecular complexity index is 647. The maximum atomic E-state index is 6.02. The van der Waals surface area contributed by atoms with E-state index in [4.69, 9.17) is 4.43 Å². The zero-order chi connectivity index (χ0) is 15.6. The van der Waals surface area contributed by atoms with Gasteiger partial charge in [-0.15, -0.1) is 17.7 Å². The van der Waals surface area contributed by atoms with Gasteiger partial charge in [0.05, 0.1) is 0 Å². The summed E-state index contributed by atoms with van der Waals surface area (Å²) in [5, 5.41) is 0. The maximum Gasteiger partial charge on any atom is 3.00 e. The average Bonchev–Trinajstić information content (AvgIpc) is 3.10. The van der Waals surface area contributed by atoms with Crippen molar-refractivity contribution in [2.24, 2.45) is 0 Å². The Morgan fingerprint density at radius 1 is 1.16 bits per heavy atom. The second-order valence-electron chi connectivity index (χ2n) is 7.08. The molecule has 0 aliphatic heterocycles. The van der Waals surface area contributed by atoms with Crippen molar-refractivity contribution < 1.29 is 55.4 Å². The molecule has 133 valence electrons. The molecule has 1 atom stereocenters. The van der Waals surface area contributed by atoms with Gasteiger partial charge in [0.25, 0.3) is 0 Å². The first-order valence-corrected chi connectivity index (χ1v) is 11.7. The molecule has 0 N–H and O–H groups in total. The van der Waals surface area contributed by atoms with E-state index >= 15 is 0 Å². The molecule has 5 heteroatoms. The third-order valence-electron chi connectivity index (χ3n) is 4.24. The summed E-state index contributed by atoms with van der Waals surface area (Å²) in [6, 6.07) is 8.80. The van der Waals surface area contributed by atoms with E-state index < -0.39 is 8.32 Å². The van der Waals surface area contributed by atoms with Gasteiger partial charge in [-0.25, -0.2) is 0 Å². The molecule has 1 nitrogen and oxygen atoms in total. The summed E-state index contributed by atoms with van der Waals surface area (Å²) in [6.07, 6.45) is 13.5. The van der Waals surface area contributed by atoms with Crippen LogP contribution in [0, 0.1) is 6.08 Å². The van der Waals surface area contributed by atoms with E-state index in [1.165, 1.54) is 22.3 Å².